The SMILES string of the molecule is CC1CN(C(=O)c2cccc3ccccc23)CCN1c1ccc(F)cc1. The second kappa shape index (κ2) is 6.79. The highest BCUT2D eigenvalue weighted by atomic mass is 19.1. The van der Waals surface area contributed by atoms with Gasteiger partial charge in [0.25, 0.3) is 5.91 Å². The Morgan fingerprint density at radius 3 is 2.46 bits per heavy atom. The fraction of sp³-hybridized carbons (Fsp3) is 0.227. The molecular weight excluding hydrogens is 327 g/mol. The van der Waals surface area contributed by atoms with Crippen LogP contribution in [0.25, 0.3) is 10.8 Å². The van der Waals surface area contributed by atoms with Crippen molar-refractivity contribution in [2.45, 2.75) is 13.0 Å². The van der Waals surface area contributed by atoms with Gasteiger partial charge in [-0.05, 0) is 48.0 Å². The molecule has 3 aromatic rings. The van der Waals surface area contributed by atoms with Gasteiger partial charge in [0, 0.05) is 36.9 Å². The van der Waals surface area contributed by atoms with Crippen LogP contribution < -0.4 is 4.90 Å². The zero-order valence-electron chi connectivity index (χ0n) is 14.7. The van der Waals surface area contributed by atoms with Gasteiger partial charge in [0.15, 0.2) is 0 Å². The fourth-order valence-electron chi connectivity index (χ4n) is 3.74. The van der Waals surface area contributed by atoms with Crippen molar-refractivity contribution < 1.29 is 9.18 Å². The number of halogens is 1. The maximum absolute atomic E-state index is 13.2. The van der Waals surface area contributed by atoms with E-state index in [1.807, 2.05) is 47.4 Å². The number of rotatable bonds is 2. The smallest absolute Gasteiger partial charge is 0.254 e. The van der Waals surface area contributed by atoms with E-state index in [0.717, 1.165) is 28.6 Å². The van der Waals surface area contributed by atoms with E-state index in [2.05, 4.69) is 11.8 Å². The first-order chi connectivity index (χ1) is 12.6. The number of amides is 1. The van der Waals surface area contributed by atoms with Crippen LogP contribution >= 0.6 is 0 Å². The molecule has 0 bridgehead atoms. The first-order valence-electron chi connectivity index (χ1n) is 8.93. The molecule has 1 atom stereocenters. The maximum Gasteiger partial charge on any atom is 0.254 e. The number of hydrogen-bond donors (Lipinski definition) is 0. The van der Waals surface area contributed by atoms with Crippen LogP contribution in [0.3, 0.4) is 0 Å². The van der Waals surface area contributed by atoms with Gasteiger partial charge in [-0.15, -0.1) is 0 Å². The molecule has 1 fully saturated rings. The van der Waals surface area contributed by atoms with Crippen molar-refractivity contribution in [3.05, 3.63) is 78.1 Å². The van der Waals surface area contributed by atoms with Gasteiger partial charge >= 0.3 is 0 Å². The lowest BCUT2D eigenvalue weighted by Gasteiger charge is -2.41. The summed E-state index contributed by atoms with van der Waals surface area (Å²) < 4.78 is 13.2. The molecule has 1 heterocycles. The molecule has 0 spiro atoms. The summed E-state index contributed by atoms with van der Waals surface area (Å²) in [6.07, 6.45) is 0. The number of nitrogens with zero attached hydrogens (tertiary/aromatic N) is 2. The van der Waals surface area contributed by atoms with Crippen molar-refractivity contribution in [3.8, 4) is 0 Å². The Morgan fingerprint density at radius 2 is 1.69 bits per heavy atom. The van der Waals surface area contributed by atoms with Gasteiger partial charge in [0.05, 0.1) is 0 Å². The molecule has 1 saturated heterocycles. The summed E-state index contributed by atoms with van der Waals surface area (Å²) in [5.74, 6) is -0.154. The minimum atomic E-state index is -0.230. The summed E-state index contributed by atoms with van der Waals surface area (Å²) >= 11 is 0. The summed E-state index contributed by atoms with van der Waals surface area (Å²) in [5, 5.41) is 2.07. The second-order valence-electron chi connectivity index (χ2n) is 6.80. The number of carbonyl (C=O) groups is 1. The quantitative estimate of drug-likeness (QED) is 0.688. The van der Waals surface area contributed by atoms with Gasteiger partial charge in [-0.2, -0.15) is 0 Å². The molecule has 3 aromatic carbocycles. The number of fused-ring (bicyclic) bond motifs is 1. The standard InChI is InChI=1S/C22H21FN2O/c1-16-15-24(13-14-25(16)19-11-9-18(23)10-12-19)22(26)21-8-4-6-17-5-2-3-7-20(17)21/h2-12,16H,13-15H2,1H3. The number of benzene rings is 3. The topological polar surface area (TPSA) is 23.6 Å². The average Bonchev–Trinajstić information content (AvgIpc) is 2.68. The van der Waals surface area contributed by atoms with Crippen LogP contribution in [0.5, 0.6) is 0 Å². The molecule has 0 saturated carbocycles. The van der Waals surface area contributed by atoms with Crippen LogP contribution in [0.2, 0.25) is 0 Å². The summed E-state index contributed by atoms with van der Waals surface area (Å²) in [5.41, 5.74) is 1.75. The fourth-order valence-corrected chi connectivity index (χ4v) is 3.74. The Labute approximate surface area is 152 Å². The van der Waals surface area contributed by atoms with Crippen molar-refractivity contribution in [1.29, 1.82) is 0 Å². The highest BCUT2D eigenvalue weighted by Crippen LogP contribution is 2.24. The Balaban J connectivity index is 1.55. The molecule has 4 rings (SSSR count). The van der Waals surface area contributed by atoms with Crippen molar-refractivity contribution in [1.82, 2.24) is 4.90 Å². The molecule has 0 aromatic heterocycles. The number of piperazine rings is 1. The third-order valence-electron chi connectivity index (χ3n) is 5.09. The largest absolute Gasteiger partial charge is 0.365 e. The van der Waals surface area contributed by atoms with Crippen LogP contribution in [0.1, 0.15) is 17.3 Å². The van der Waals surface area contributed by atoms with Gasteiger partial charge in [-0.1, -0.05) is 36.4 Å². The zero-order chi connectivity index (χ0) is 18.1. The van der Waals surface area contributed by atoms with Gasteiger partial charge in [0.1, 0.15) is 5.82 Å². The highest BCUT2D eigenvalue weighted by molar-refractivity contribution is 6.07. The van der Waals surface area contributed by atoms with Gasteiger partial charge < -0.3 is 9.80 Å². The zero-order valence-corrected chi connectivity index (χ0v) is 14.7. The van der Waals surface area contributed by atoms with E-state index >= 15 is 0 Å². The van der Waals surface area contributed by atoms with Gasteiger partial charge in [0.2, 0.25) is 0 Å². The Bertz CT molecular complexity index is 933. The Morgan fingerprint density at radius 1 is 0.962 bits per heavy atom. The lowest BCUT2D eigenvalue weighted by Crippen LogP contribution is -2.53. The minimum absolute atomic E-state index is 0.0763. The van der Waals surface area contributed by atoms with Crippen molar-refractivity contribution in [2.24, 2.45) is 0 Å². The number of hydrogen-bond acceptors (Lipinski definition) is 2. The third kappa shape index (κ3) is 3.03. The molecule has 4 heteroatoms. The van der Waals surface area contributed by atoms with Crippen molar-refractivity contribution >= 4 is 22.4 Å². The predicted octanol–water partition coefficient (Wildman–Crippen LogP) is 4.33. The average molecular weight is 348 g/mol. The van der Waals surface area contributed by atoms with Crippen LogP contribution in [-0.4, -0.2) is 36.5 Å². The van der Waals surface area contributed by atoms with Crippen LogP contribution in [0.4, 0.5) is 10.1 Å². The molecule has 0 radical (unpaired) electrons. The van der Waals surface area contributed by atoms with Crippen LogP contribution in [-0.2, 0) is 0 Å². The lowest BCUT2D eigenvalue weighted by atomic mass is 10.0. The van der Waals surface area contributed by atoms with E-state index in [1.165, 1.54) is 12.1 Å². The molecular formula is C22H21FN2O. The molecule has 1 amide bonds. The summed E-state index contributed by atoms with van der Waals surface area (Å²) in [6.45, 7) is 4.15. The summed E-state index contributed by atoms with van der Waals surface area (Å²) in [4.78, 5) is 17.3. The second-order valence-corrected chi connectivity index (χ2v) is 6.80. The first kappa shape index (κ1) is 16.6. The Hall–Kier alpha value is -2.88. The molecule has 1 aliphatic rings. The Kier molecular flexibility index (Phi) is 4.33. The molecule has 3 nitrogen and oxygen atoms in total. The highest BCUT2D eigenvalue weighted by Gasteiger charge is 2.28. The van der Waals surface area contributed by atoms with E-state index in [4.69, 9.17) is 0 Å². The minimum Gasteiger partial charge on any atom is -0.365 e. The molecule has 26 heavy (non-hydrogen) atoms. The van der Waals surface area contributed by atoms with Crippen LogP contribution in [0.15, 0.2) is 66.7 Å². The van der Waals surface area contributed by atoms with E-state index < -0.39 is 0 Å². The first-order valence-corrected chi connectivity index (χ1v) is 8.93. The van der Waals surface area contributed by atoms with Crippen molar-refractivity contribution in [2.75, 3.05) is 24.5 Å². The lowest BCUT2D eigenvalue weighted by molar-refractivity contribution is 0.0728. The van der Waals surface area contributed by atoms with E-state index in [1.54, 1.807) is 12.1 Å². The number of anilines is 1. The summed E-state index contributed by atoms with van der Waals surface area (Å²) in [7, 11) is 0. The molecule has 132 valence electrons. The van der Waals surface area contributed by atoms with Gasteiger partial charge in [-0.25, -0.2) is 4.39 Å². The monoisotopic (exact) mass is 348 g/mol. The molecule has 1 aliphatic heterocycles. The summed E-state index contributed by atoms with van der Waals surface area (Å²) in [6, 6.07) is 20.6. The van der Waals surface area contributed by atoms with E-state index in [-0.39, 0.29) is 17.8 Å². The number of carbonyl (C=O) groups excluding carboxylic acids is 1. The molecule has 0 N–H and O–H groups in total. The molecule has 0 aliphatic carbocycles. The molecule has 1 unspecified atom stereocenters. The maximum atomic E-state index is 13.2. The van der Waals surface area contributed by atoms with Crippen molar-refractivity contribution in [3.63, 3.8) is 0 Å². The van der Waals surface area contributed by atoms with E-state index in [9.17, 15) is 9.18 Å². The normalized spacial score (nSPS) is 17.5. The van der Waals surface area contributed by atoms with E-state index in [0.29, 0.717) is 13.1 Å². The van der Waals surface area contributed by atoms with Gasteiger partial charge in [-0.3, -0.25) is 4.79 Å². The predicted molar refractivity (Wildman–Crippen MR) is 103 cm³/mol. The third-order valence-corrected chi connectivity index (χ3v) is 5.09. The van der Waals surface area contributed by atoms with Crippen LogP contribution in [0, 0.1) is 5.82 Å².